The van der Waals surface area contributed by atoms with E-state index in [0.717, 1.165) is 24.1 Å². The summed E-state index contributed by atoms with van der Waals surface area (Å²) in [4.78, 5) is 12.0. The molecular weight excluding hydrogens is 216 g/mol. The Kier molecular flexibility index (Phi) is 3.64. The van der Waals surface area contributed by atoms with Crippen LogP contribution in [0.2, 0.25) is 0 Å². The molecule has 0 aliphatic heterocycles. The molecule has 1 aromatic carbocycles. The standard InChI is InChI=1S/C13H18N2O2/c1-3-9-17-10-8-15-12-7-5-4-6-11(12)14(2)13(15)16/h4-7H,3,8-10H2,1-2H3. The van der Waals surface area contributed by atoms with Crippen molar-refractivity contribution >= 4 is 11.0 Å². The molecule has 4 heteroatoms. The second kappa shape index (κ2) is 5.19. The van der Waals surface area contributed by atoms with E-state index in [1.807, 2.05) is 24.3 Å². The van der Waals surface area contributed by atoms with Crippen LogP contribution in [0, 0.1) is 0 Å². The van der Waals surface area contributed by atoms with Crippen LogP contribution in [0.25, 0.3) is 11.0 Å². The molecule has 1 heterocycles. The lowest BCUT2D eigenvalue weighted by Gasteiger charge is -2.03. The fourth-order valence-electron chi connectivity index (χ4n) is 1.98. The number of ether oxygens (including phenoxy) is 1. The van der Waals surface area contributed by atoms with Gasteiger partial charge in [0.15, 0.2) is 0 Å². The molecule has 1 aromatic heterocycles. The summed E-state index contributed by atoms with van der Waals surface area (Å²) in [5.74, 6) is 0. The van der Waals surface area contributed by atoms with Crippen LogP contribution in [0.3, 0.4) is 0 Å². The average Bonchev–Trinajstić information content (AvgIpc) is 2.60. The van der Waals surface area contributed by atoms with E-state index in [0.29, 0.717) is 13.2 Å². The fraction of sp³-hybridized carbons (Fsp3) is 0.462. The van der Waals surface area contributed by atoms with Gasteiger partial charge in [0.1, 0.15) is 0 Å². The molecule has 0 atom stereocenters. The van der Waals surface area contributed by atoms with Crippen LogP contribution < -0.4 is 5.69 Å². The fourth-order valence-corrected chi connectivity index (χ4v) is 1.98. The highest BCUT2D eigenvalue weighted by molar-refractivity contribution is 5.75. The van der Waals surface area contributed by atoms with Crippen molar-refractivity contribution in [1.82, 2.24) is 9.13 Å². The molecule has 17 heavy (non-hydrogen) atoms. The van der Waals surface area contributed by atoms with E-state index >= 15 is 0 Å². The quantitative estimate of drug-likeness (QED) is 0.739. The number of fused-ring (bicyclic) bond motifs is 1. The topological polar surface area (TPSA) is 36.2 Å². The maximum absolute atomic E-state index is 12.0. The van der Waals surface area contributed by atoms with Crippen molar-refractivity contribution in [1.29, 1.82) is 0 Å². The third kappa shape index (κ3) is 2.26. The first-order valence-electron chi connectivity index (χ1n) is 5.97. The molecule has 0 aliphatic carbocycles. The van der Waals surface area contributed by atoms with Gasteiger partial charge >= 0.3 is 5.69 Å². The van der Waals surface area contributed by atoms with Crippen LogP contribution in [0.5, 0.6) is 0 Å². The molecule has 92 valence electrons. The summed E-state index contributed by atoms with van der Waals surface area (Å²) in [6, 6.07) is 7.82. The second-order valence-corrected chi connectivity index (χ2v) is 4.09. The van der Waals surface area contributed by atoms with Gasteiger partial charge in [-0.25, -0.2) is 4.79 Å². The van der Waals surface area contributed by atoms with Gasteiger partial charge in [0, 0.05) is 13.7 Å². The first-order valence-corrected chi connectivity index (χ1v) is 5.97. The van der Waals surface area contributed by atoms with E-state index in [2.05, 4.69) is 6.92 Å². The first-order chi connectivity index (χ1) is 8.25. The van der Waals surface area contributed by atoms with Crippen LogP contribution in [0.1, 0.15) is 13.3 Å². The summed E-state index contributed by atoms with van der Waals surface area (Å²) in [5.41, 5.74) is 1.96. The first kappa shape index (κ1) is 11.9. The average molecular weight is 234 g/mol. The lowest BCUT2D eigenvalue weighted by molar-refractivity contribution is 0.127. The summed E-state index contributed by atoms with van der Waals surface area (Å²) >= 11 is 0. The monoisotopic (exact) mass is 234 g/mol. The van der Waals surface area contributed by atoms with Gasteiger partial charge in [0.05, 0.1) is 24.2 Å². The Morgan fingerprint density at radius 2 is 1.88 bits per heavy atom. The molecule has 2 aromatic rings. The Balaban J connectivity index is 2.27. The van der Waals surface area contributed by atoms with Crippen LogP contribution in [0.15, 0.2) is 29.1 Å². The van der Waals surface area contributed by atoms with Gasteiger partial charge in [-0.3, -0.25) is 9.13 Å². The summed E-state index contributed by atoms with van der Waals surface area (Å²) < 4.78 is 8.88. The van der Waals surface area contributed by atoms with E-state index < -0.39 is 0 Å². The lowest BCUT2D eigenvalue weighted by Crippen LogP contribution is -2.24. The Bertz CT molecular complexity index is 554. The zero-order valence-corrected chi connectivity index (χ0v) is 10.3. The number of para-hydroxylation sites is 2. The minimum Gasteiger partial charge on any atom is -0.380 e. The SMILES string of the molecule is CCCOCCn1c(=O)n(C)c2ccccc21. The third-order valence-corrected chi connectivity index (χ3v) is 2.86. The van der Waals surface area contributed by atoms with Crippen LogP contribution in [-0.2, 0) is 18.3 Å². The van der Waals surface area contributed by atoms with Crippen LogP contribution in [-0.4, -0.2) is 22.3 Å². The minimum absolute atomic E-state index is 0.0197. The lowest BCUT2D eigenvalue weighted by atomic mass is 10.3. The van der Waals surface area contributed by atoms with Gasteiger partial charge in [0.25, 0.3) is 0 Å². The highest BCUT2D eigenvalue weighted by Crippen LogP contribution is 2.10. The van der Waals surface area contributed by atoms with Crippen molar-refractivity contribution < 1.29 is 4.74 Å². The maximum Gasteiger partial charge on any atom is 0.328 e. The summed E-state index contributed by atoms with van der Waals surface area (Å²) in [6.07, 6.45) is 1.00. The largest absolute Gasteiger partial charge is 0.380 e. The maximum atomic E-state index is 12.0. The van der Waals surface area contributed by atoms with Gasteiger partial charge in [0.2, 0.25) is 0 Å². The van der Waals surface area contributed by atoms with E-state index in [1.54, 1.807) is 16.2 Å². The Morgan fingerprint density at radius 3 is 2.59 bits per heavy atom. The molecule has 0 fully saturated rings. The minimum atomic E-state index is 0.0197. The molecule has 0 spiro atoms. The molecule has 0 unspecified atom stereocenters. The number of rotatable bonds is 5. The van der Waals surface area contributed by atoms with E-state index in [9.17, 15) is 4.79 Å². The molecule has 0 amide bonds. The van der Waals surface area contributed by atoms with Crippen molar-refractivity contribution in [2.45, 2.75) is 19.9 Å². The zero-order chi connectivity index (χ0) is 12.3. The Labute approximate surface area is 100 Å². The summed E-state index contributed by atoms with van der Waals surface area (Å²) in [7, 11) is 1.80. The number of aryl methyl sites for hydroxylation is 1. The Hall–Kier alpha value is -1.55. The smallest absolute Gasteiger partial charge is 0.328 e. The van der Waals surface area contributed by atoms with E-state index in [4.69, 9.17) is 4.74 Å². The van der Waals surface area contributed by atoms with Gasteiger partial charge in [-0.1, -0.05) is 19.1 Å². The molecule has 0 bridgehead atoms. The van der Waals surface area contributed by atoms with Gasteiger partial charge in [-0.2, -0.15) is 0 Å². The predicted octanol–water partition coefficient (Wildman–Crippen LogP) is 1.77. The molecule has 4 nitrogen and oxygen atoms in total. The molecule has 0 radical (unpaired) electrons. The highest BCUT2D eigenvalue weighted by Gasteiger charge is 2.08. The normalized spacial score (nSPS) is 11.2. The summed E-state index contributed by atoms with van der Waals surface area (Å²) in [5, 5.41) is 0. The number of aromatic nitrogens is 2. The van der Waals surface area contributed by atoms with Crippen molar-refractivity contribution in [3.8, 4) is 0 Å². The molecule has 0 N–H and O–H groups in total. The summed E-state index contributed by atoms with van der Waals surface area (Å²) in [6.45, 7) is 4.02. The number of benzene rings is 1. The molecular formula is C13H18N2O2. The third-order valence-electron chi connectivity index (χ3n) is 2.86. The van der Waals surface area contributed by atoms with Crippen molar-refractivity contribution in [3.05, 3.63) is 34.7 Å². The molecule has 0 aliphatic rings. The number of imidazole rings is 1. The predicted molar refractivity (Wildman–Crippen MR) is 68.3 cm³/mol. The molecule has 2 rings (SSSR count). The zero-order valence-electron chi connectivity index (χ0n) is 10.3. The van der Waals surface area contributed by atoms with Crippen molar-refractivity contribution in [2.24, 2.45) is 7.05 Å². The van der Waals surface area contributed by atoms with Crippen LogP contribution in [0.4, 0.5) is 0 Å². The molecule has 0 saturated heterocycles. The number of hydrogen-bond donors (Lipinski definition) is 0. The van der Waals surface area contributed by atoms with Gasteiger partial charge < -0.3 is 4.74 Å². The Morgan fingerprint density at radius 1 is 1.18 bits per heavy atom. The van der Waals surface area contributed by atoms with E-state index in [-0.39, 0.29) is 5.69 Å². The van der Waals surface area contributed by atoms with Gasteiger partial charge in [-0.05, 0) is 18.6 Å². The van der Waals surface area contributed by atoms with Crippen molar-refractivity contribution in [3.63, 3.8) is 0 Å². The highest BCUT2D eigenvalue weighted by atomic mass is 16.5. The second-order valence-electron chi connectivity index (χ2n) is 4.09. The number of hydrogen-bond acceptors (Lipinski definition) is 2. The number of nitrogens with zero attached hydrogens (tertiary/aromatic N) is 2. The van der Waals surface area contributed by atoms with Crippen molar-refractivity contribution in [2.75, 3.05) is 13.2 Å². The van der Waals surface area contributed by atoms with Gasteiger partial charge in [-0.15, -0.1) is 0 Å². The molecule has 0 saturated carbocycles. The van der Waals surface area contributed by atoms with E-state index in [1.165, 1.54) is 0 Å². The van der Waals surface area contributed by atoms with Crippen LogP contribution >= 0.6 is 0 Å².